The number of aromatic nitrogens is 1. The molecule has 1 aromatic heterocycles. The molecule has 5 heteroatoms. The van der Waals surface area contributed by atoms with Crippen molar-refractivity contribution in [1.29, 1.82) is 0 Å². The van der Waals surface area contributed by atoms with Gasteiger partial charge in [-0.1, -0.05) is 6.07 Å². The number of fused-ring (bicyclic) bond motifs is 1. The Bertz CT molecular complexity index is 478. The van der Waals surface area contributed by atoms with Crippen LogP contribution in [0.3, 0.4) is 0 Å². The van der Waals surface area contributed by atoms with E-state index in [1.54, 1.807) is 0 Å². The lowest BCUT2D eigenvalue weighted by Gasteiger charge is -2.37. The molecule has 1 aromatic rings. The molecule has 5 nitrogen and oxygen atoms in total. The molecule has 0 bridgehead atoms. The molecule has 4 rings (SSSR count). The van der Waals surface area contributed by atoms with Crippen molar-refractivity contribution in [3.05, 3.63) is 30.1 Å². The summed E-state index contributed by atoms with van der Waals surface area (Å²) in [5.41, 5.74) is 1.16. The molecular weight excluding hydrogens is 278 g/mol. The lowest BCUT2D eigenvalue weighted by Crippen LogP contribution is -2.51. The largest absolute Gasteiger partial charge is 0.379 e. The zero-order valence-corrected chi connectivity index (χ0v) is 13.1. The van der Waals surface area contributed by atoms with E-state index in [-0.39, 0.29) is 0 Å². The molecule has 0 saturated carbocycles. The fraction of sp³-hybridized carbons (Fsp3) is 0.706. The van der Waals surface area contributed by atoms with Gasteiger partial charge < -0.3 is 9.47 Å². The van der Waals surface area contributed by atoms with E-state index in [0.717, 1.165) is 51.7 Å². The summed E-state index contributed by atoms with van der Waals surface area (Å²) in [4.78, 5) is 9.67. The van der Waals surface area contributed by atoms with Crippen LogP contribution in [0.5, 0.6) is 0 Å². The van der Waals surface area contributed by atoms with Gasteiger partial charge in [0.2, 0.25) is 0 Å². The minimum atomic E-state index is 0.357. The highest BCUT2D eigenvalue weighted by atomic mass is 16.5. The molecule has 0 spiro atoms. The molecule has 3 aliphatic heterocycles. The summed E-state index contributed by atoms with van der Waals surface area (Å²) in [7, 11) is 0. The number of morpholine rings is 1. The SMILES string of the molecule is c1ccc(CN2C[C@H](N3CCOCC3)[C@@H]3OCCC[C@@H]32)nc1. The van der Waals surface area contributed by atoms with E-state index < -0.39 is 0 Å². The van der Waals surface area contributed by atoms with Crippen LogP contribution in [-0.2, 0) is 16.0 Å². The van der Waals surface area contributed by atoms with Crippen molar-refractivity contribution < 1.29 is 9.47 Å². The summed E-state index contributed by atoms with van der Waals surface area (Å²) >= 11 is 0. The zero-order valence-electron chi connectivity index (χ0n) is 13.1. The van der Waals surface area contributed by atoms with Gasteiger partial charge in [-0.05, 0) is 25.0 Å². The Labute approximate surface area is 132 Å². The van der Waals surface area contributed by atoms with E-state index in [9.17, 15) is 0 Å². The first kappa shape index (κ1) is 14.6. The van der Waals surface area contributed by atoms with Crippen molar-refractivity contribution >= 4 is 0 Å². The zero-order chi connectivity index (χ0) is 14.8. The Hall–Kier alpha value is -1.01. The third-order valence-electron chi connectivity index (χ3n) is 5.21. The van der Waals surface area contributed by atoms with Gasteiger partial charge in [-0.2, -0.15) is 0 Å². The number of likely N-dealkylation sites (tertiary alicyclic amines) is 1. The predicted octanol–water partition coefficient (Wildman–Crippen LogP) is 1.15. The number of pyridine rings is 1. The lowest BCUT2D eigenvalue weighted by atomic mass is 10.00. The summed E-state index contributed by atoms with van der Waals surface area (Å²) in [6, 6.07) is 7.24. The van der Waals surface area contributed by atoms with E-state index in [1.807, 2.05) is 12.3 Å². The molecule has 4 heterocycles. The van der Waals surface area contributed by atoms with Crippen LogP contribution in [0.25, 0.3) is 0 Å². The summed E-state index contributed by atoms with van der Waals surface area (Å²) in [5.74, 6) is 0. The van der Waals surface area contributed by atoms with Crippen LogP contribution in [0.2, 0.25) is 0 Å². The second-order valence-electron chi connectivity index (χ2n) is 6.51. The van der Waals surface area contributed by atoms with Crippen LogP contribution in [0.1, 0.15) is 18.5 Å². The van der Waals surface area contributed by atoms with Crippen molar-refractivity contribution in [1.82, 2.24) is 14.8 Å². The molecule has 0 amide bonds. The van der Waals surface area contributed by atoms with Gasteiger partial charge in [-0.15, -0.1) is 0 Å². The third-order valence-corrected chi connectivity index (χ3v) is 5.21. The van der Waals surface area contributed by atoms with Crippen LogP contribution < -0.4 is 0 Å². The van der Waals surface area contributed by atoms with Crippen LogP contribution in [0.15, 0.2) is 24.4 Å². The van der Waals surface area contributed by atoms with Gasteiger partial charge in [0, 0.05) is 45.0 Å². The highest BCUT2D eigenvalue weighted by Crippen LogP contribution is 2.32. The van der Waals surface area contributed by atoms with Crippen LogP contribution >= 0.6 is 0 Å². The van der Waals surface area contributed by atoms with E-state index >= 15 is 0 Å². The molecule has 3 atom stereocenters. The van der Waals surface area contributed by atoms with Crippen molar-refractivity contribution in [2.24, 2.45) is 0 Å². The second kappa shape index (κ2) is 6.62. The highest BCUT2D eigenvalue weighted by Gasteiger charge is 2.46. The maximum Gasteiger partial charge on any atom is 0.0897 e. The minimum Gasteiger partial charge on any atom is -0.379 e. The molecule has 3 saturated heterocycles. The summed E-state index contributed by atoms with van der Waals surface area (Å²) in [5, 5.41) is 0. The molecule has 0 N–H and O–H groups in total. The molecular formula is C17H25N3O2. The van der Waals surface area contributed by atoms with Gasteiger partial charge in [0.15, 0.2) is 0 Å². The summed E-state index contributed by atoms with van der Waals surface area (Å²) in [6.07, 6.45) is 4.67. The second-order valence-corrected chi connectivity index (χ2v) is 6.51. The van der Waals surface area contributed by atoms with Crippen molar-refractivity contribution in [3.8, 4) is 0 Å². The minimum absolute atomic E-state index is 0.357. The number of rotatable bonds is 3. The van der Waals surface area contributed by atoms with E-state index in [0.29, 0.717) is 18.2 Å². The molecule has 0 unspecified atom stereocenters. The van der Waals surface area contributed by atoms with Crippen LogP contribution in [0, 0.1) is 0 Å². The predicted molar refractivity (Wildman–Crippen MR) is 83.6 cm³/mol. The Kier molecular flexibility index (Phi) is 4.39. The van der Waals surface area contributed by atoms with Crippen molar-refractivity contribution in [3.63, 3.8) is 0 Å². The van der Waals surface area contributed by atoms with Gasteiger partial charge in [-0.3, -0.25) is 14.8 Å². The highest BCUT2D eigenvalue weighted by molar-refractivity contribution is 5.07. The van der Waals surface area contributed by atoms with E-state index in [1.165, 1.54) is 12.8 Å². The first-order valence-corrected chi connectivity index (χ1v) is 8.49. The summed E-state index contributed by atoms with van der Waals surface area (Å²) in [6.45, 7) is 6.73. The Morgan fingerprint density at radius 2 is 2.05 bits per heavy atom. The average Bonchev–Trinajstić information content (AvgIpc) is 2.96. The number of nitrogens with zero attached hydrogens (tertiary/aromatic N) is 3. The van der Waals surface area contributed by atoms with Gasteiger partial charge in [-0.25, -0.2) is 0 Å². The van der Waals surface area contributed by atoms with Gasteiger partial charge in [0.1, 0.15) is 0 Å². The first-order chi connectivity index (χ1) is 10.9. The molecule has 3 aliphatic rings. The van der Waals surface area contributed by atoms with Crippen molar-refractivity contribution in [2.75, 3.05) is 39.5 Å². The van der Waals surface area contributed by atoms with Gasteiger partial charge in [0.05, 0.1) is 31.1 Å². The first-order valence-electron chi connectivity index (χ1n) is 8.49. The molecule has 0 aliphatic carbocycles. The average molecular weight is 303 g/mol. The van der Waals surface area contributed by atoms with Crippen LogP contribution in [0.4, 0.5) is 0 Å². The Balaban J connectivity index is 1.49. The molecule has 3 fully saturated rings. The van der Waals surface area contributed by atoms with Gasteiger partial charge in [0.25, 0.3) is 0 Å². The maximum atomic E-state index is 6.19. The number of hydrogen-bond acceptors (Lipinski definition) is 5. The quantitative estimate of drug-likeness (QED) is 0.837. The maximum absolute atomic E-state index is 6.19. The number of ether oxygens (including phenoxy) is 2. The van der Waals surface area contributed by atoms with E-state index in [2.05, 4.69) is 26.9 Å². The summed E-state index contributed by atoms with van der Waals surface area (Å²) < 4.78 is 11.7. The fourth-order valence-corrected chi connectivity index (χ4v) is 4.14. The Morgan fingerprint density at radius 3 is 2.86 bits per heavy atom. The molecule has 0 radical (unpaired) electrons. The molecule has 120 valence electrons. The van der Waals surface area contributed by atoms with Crippen LogP contribution in [-0.4, -0.2) is 72.4 Å². The van der Waals surface area contributed by atoms with Gasteiger partial charge >= 0.3 is 0 Å². The fourth-order valence-electron chi connectivity index (χ4n) is 4.14. The molecule has 0 aromatic carbocycles. The number of hydrogen-bond donors (Lipinski definition) is 0. The molecule has 22 heavy (non-hydrogen) atoms. The smallest absolute Gasteiger partial charge is 0.0897 e. The lowest BCUT2D eigenvalue weighted by molar-refractivity contribution is -0.0594. The normalized spacial score (nSPS) is 33.7. The standard InChI is InChI=1S/C17H25N3O2/c1-2-6-18-14(4-1)12-20-13-16(19-7-10-21-11-8-19)17-15(20)5-3-9-22-17/h1-2,4,6,15-17H,3,5,7-13H2/t15-,16-,17+/m0/s1. The topological polar surface area (TPSA) is 37.8 Å². The van der Waals surface area contributed by atoms with E-state index in [4.69, 9.17) is 9.47 Å². The van der Waals surface area contributed by atoms with Crippen molar-refractivity contribution in [2.45, 2.75) is 37.6 Å². The monoisotopic (exact) mass is 303 g/mol. The third kappa shape index (κ3) is 2.91. The Morgan fingerprint density at radius 1 is 1.14 bits per heavy atom.